The Morgan fingerprint density at radius 2 is 2.03 bits per heavy atom. The second-order valence-electron chi connectivity index (χ2n) is 9.18. The number of nitrogens with zero attached hydrogens (tertiary/aromatic N) is 4. The van der Waals surface area contributed by atoms with Crippen molar-refractivity contribution >= 4 is 5.52 Å². The molecule has 5 heterocycles. The summed E-state index contributed by atoms with van der Waals surface area (Å²) in [4.78, 5) is 22.4. The van der Waals surface area contributed by atoms with Crippen molar-refractivity contribution in [2.45, 2.75) is 43.8 Å². The highest BCUT2D eigenvalue weighted by molar-refractivity contribution is 5.42. The monoisotopic (exact) mass is 464 g/mol. The number of alkyl halides is 3. The Bertz CT molecular complexity index is 1130. The van der Waals surface area contributed by atoms with Gasteiger partial charge in [-0.1, -0.05) is 19.1 Å². The zero-order chi connectivity index (χ0) is 23.2. The molecule has 3 aliphatic rings. The lowest BCUT2D eigenvalue weighted by Crippen LogP contribution is -2.40. The van der Waals surface area contributed by atoms with Crippen molar-refractivity contribution in [2.75, 3.05) is 32.8 Å². The van der Waals surface area contributed by atoms with E-state index >= 15 is 0 Å². The summed E-state index contributed by atoms with van der Waals surface area (Å²) in [6, 6.07) is -1.65. The number of likely N-dealkylation sites (tertiary alicyclic amines) is 1. The van der Waals surface area contributed by atoms with E-state index in [1.54, 1.807) is 10.7 Å². The van der Waals surface area contributed by atoms with Gasteiger partial charge in [0.1, 0.15) is 17.7 Å². The van der Waals surface area contributed by atoms with E-state index in [1.807, 2.05) is 0 Å². The molecule has 0 saturated carbocycles. The Morgan fingerprint density at radius 1 is 1.24 bits per heavy atom. The van der Waals surface area contributed by atoms with Gasteiger partial charge in [0.25, 0.3) is 5.56 Å². The molecule has 3 unspecified atom stereocenters. The number of nitrogens with one attached hydrogen (secondary N) is 2. The number of rotatable bonds is 4. The summed E-state index contributed by atoms with van der Waals surface area (Å²) >= 11 is 0. The van der Waals surface area contributed by atoms with Crippen LogP contribution in [0.15, 0.2) is 34.9 Å². The van der Waals surface area contributed by atoms with Crippen LogP contribution >= 0.6 is 0 Å². The van der Waals surface area contributed by atoms with Gasteiger partial charge in [0.2, 0.25) is 0 Å². The third-order valence-electron chi connectivity index (χ3n) is 6.78. The second kappa shape index (κ2) is 8.60. The van der Waals surface area contributed by atoms with Crippen molar-refractivity contribution in [2.24, 2.45) is 5.92 Å². The topological polar surface area (TPSA) is 87.5 Å². The van der Waals surface area contributed by atoms with E-state index in [2.05, 4.69) is 27.1 Å². The van der Waals surface area contributed by atoms with E-state index in [-0.39, 0.29) is 23.3 Å². The lowest BCUT2D eigenvalue weighted by Gasteiger charge is -2.23. The summed E-state index contributed by atoms with van der Waals surface area (Å²) in [5, 5.41) is 7.21. The van der Waals surface area contributed by atoms with Gasteiger partial charge in [-0.2, -0.15) is 18.3 Å². The first-order valence-electron chi connectivity index (χ1n) is 11.3. The second-order valence-corrected chi connectivity index (χ2v) is 9.18. The minimum absolute atomic E-state index is 0.0103. The first-order chi connectivity index (χ1) is 15.8. The Hall–Kier alpha value is -2.66. The normalized spacial score (nSPS) is 27.2. The van der Waals surface area contributed by atoms with Crippen molar-refractivity contribution in [3.8, 4) is 0 Å². The zero-order valence-electron chi connectivity index (χ0n) is 18.3. The Kier molecular flexibility index (Phi) is 5.77. The number of dihydropyridines is 1. The van der Waals surface area contributed by atoms with Gasteiger partial charge >= 0.3 is 6.18 Å². The van der Waals surface area contributed by atoms with E-state index in [1.165, 1.54) is 12.3 Å². The number of halogens is 3. The number of fused-ring (bicyclic) bond motifs is 1. The number of imidazole rings is 1. The van der Waals surface area contributed by atoms with Gasteiger partial charge in [-0.15, -0.1) is 0 Å². The Labute approximate surface area is 188 Å². The van der Waals surface area contributed by atoms with Crippen molar-refractivity contribution in [1.82, 2.24) is 29.8 Å². The van der Waals surface area contributed by atoms with E-state index in [9.17, 15) is 18.0 Å². The minimum atomic E-state index is -4.31. The average Bonchev–Trinajstić information content (AvgIpc) is 3.38. The molecule has 11 heteroatoms. The molecule has 178 valence electrons. The van der Waals surface area contributed by atoms with Gasteiger partial charge in [0.15, 0.2) is 5.52 Å². The molecule has 2 N–H and O–H groups in total. The predicted molar refractivity (Wildman–Crippen MR) is 115 cm³/mol. The standard InChI is InChI=1S/C22H27F3N6O2/c1-13-10-30(11-14-2-3-18(26-8-14)22(23,24)25)12-16(13)19-28-21(32)17-9-27-20(31(17)29-19)15-4-6-33-7-5-15/h2-3,8-9,13,15-16,18,26H,4-7,10-12H2,1H3,(H,28,29,32). The van der Waals surface area contributed by atoms with Crippen LogP contribution < -0.4 is 10.9 Å². The van der Waals surface area contributed by atoms with Crippen LogP contribution in [-0.4, -0.2) is 69.5 Å². The third kappa shape index (κ3) is 4.43. The maximum Gasteiger partial charge on any atom is 0.412 e. The van der Waals surface area contributed by atoms with Gasteiger partial charge in [-0.05, 0) is 24.3 Å². The largest absolute Gasteiger partial charge is 0.412 e. The highest BCUT2D eigenvalue weighted by atomic mass is 19.4. The SMILES string of the molecule is CC1CN(CC2=CNC(C(F)(F)F)C=C2)CC1c1nn2c(C3CCOCC3)ncc2c(=O)[nH]1. The average molecular weight is 464 g/mol. The molecule has 0 amide bonds. The molecule has 2 aromatic rings. The fraction of sp³-hybridized carbons (Fsp3) is 0.591. The molecule has 0 radical (unpaired) electrons. The van der Waals surface area contributed by atoms with Crippen LogP contribution in [0.4, 0.5) is 13.2 Å². The van der Waals surface area contributed by atoms with Crippen molar-refractivity contribution in [3.05, 3.63) is 52.1 Å². The minimum Gasteiger partial charge on any atom is -0.381 e. The fourth-order valence-electron chi connectivity index (χ4n) is 4.97. The summed E-state index contributed by atoms with van der Waals surface area (Å²) in [6.07, 6.45) is 3.09. The molecular weight excluding hydrogens is 437 g/mol. The molecular formula is C22H27F3N6O2. The lowest BCUT2D eigenvalue weighted by molar-refractivity contribution is -0.142. The van der Waals surface area contributed by atoms with E-state index in [0.29, 0.717) is 37.6 Å². The van der Waals surface area contributed by atoms with Crippen molar-refractivity contribution < 1.29 is 17.9 Å². The highest BCUT2D eigenvalue weighted by Crippen LogP contribution is 2.32. The molecule has 0 spiro atoms. The van der Waals surface area contributed by atoms with E-state index < -0.39 is 12.2 Å². The molecule has 0 aliphatic carbocycles. The number of H-pyrrole nitrogens is 1. The van der Waals surface area contributed by atoms with Crippen LogP contribution in [0.3, 0.4) is 0 Å². The summed E-state index contributed by atoms with van der Waals surface area (Å²) in [7, 11) is 0. The Morgan fingerprint density at radius 3 is 2.73 bits per heavy atom. The molecule has 5 rings (SSSR count). The van der Waals surface area contributed by atoms with Crippen LogP contribution in [0.2, 0.25) is 0 Å². The van der Waals surface area contributed by atoms with Crippen molar-refractivity contribution in [3.63, 3.8) is 0 Å². The Balaban J connectivity index is 1.32. The van der Waals surface area contributed by atoms with Crippen molar-refractivity contribution in [1.29, 1.82) is 0 Å². The first kappa shape index (κ1) is 22.1. The van der Waals surface area contributed by atoms with E-state index in [4.69, 9.17) is 9.84 Å². The predicted octanol–water partition coefficient (Wildman–Crippen LogP) is 2.32. The number of aromatic nitrogens is 4. The highest BCUT2D eigenvalue weighted by Gasteiger charge is 2.39. The summed E-state index contributed by atoms with van der Waals surface area (Å²) < 4.78 is 45.6. The van der Waals surface area contributed by atoms with Gasteiger partial charge in [-0.25, -0.2) is 9.50 Å². The molecule has 8 nitrogen and oxygen atoms in total. The number of hydrogen-bond acceptors (Lipinski definition) is 6. The zero-order valence-corrected chi connectivity index (χ0v) is 18.3. The maximum absolute atomic E-state index is 12.8. The van der Waals surface area contributed by atoms with Gasteiger partial charge in [0.05, 0.1) is 6.20 Å². The van der Waals surface area contributed by atoms with Crippen LogP contribution in [0, 0.1) is 5.92 Å². The van der Waals surface area contributed by atoms with Gasteiger partial charge in [0, 0.05) is 50.9 Å². The van der Waals surface area contributed by atoms with E-state index in [0.717, 1.165) is 36.9 Å². The molecule has 0 bridgehead atoms. The molecule has 3 aliphatic heterocycles. The molecule has 2 fully saturated rings. The lowest BCUT2D eigenvalue weighted by atomic mass is 9.97. The van der Waals surface area contributed by atoms with Gasteiger partial charge in [-0.3, -0.25) is 9.69 Å². The quantitative estimate of drug-likeness (QED) is 0.722. The molecule has 3 atom stereocenters. The smallest absolute Gasteiger partial charge is 0.381 e. The molecule has 33 heavy (non-hydrogen) atoms. The number of aromatic amines is 1. The summed E-state index contributed by atoms with van der Waals surface area (Å²) in [5.74, 6) is 1.86. The molecule has 2 aromatic heterocycles. The van der Waals surface area contributed by atoms with Crippen LogP contribution in [0.25, 0.3) is 5.52 Å². The van der Waals surface area contributed by atoms with Crippen LogP contribution in [-0.2, 0) is 4.74 Å². The summed E-state index contributed by atoms with van der Waals surface area (Å²) in [5.41, 5.74) is 1.01. The number of ether oxygens (including phenoxy) is 1. The fourth-order valence-corrected chi connectivity index (χ4v) is 4.97. The van der Waals surface area contributed by atoms with Crippen LogP contribution in [0.1, 0.15) is 43.3 Å². The third-order valence-corrected chi connectivity index (χ3v) is 6.78. The first-order valence-corrected chi connectivity index (χ1v) is 11.3. The van der Waals surface area contributed by atoms with Gasteiger partial charge < -0.3 is 15.0 Å². The van der Waals surface area contributed by atoms with Crippen LogP contribution in [0.5, 0.6) is 0 Å². The summed E-state index contributed by atoms with van der Waals surface area (Å²) in [6.45, 7) is 5.40. The molecule has 0 aromatic carbocycles. The molecule has 2 saturated heterocycles. The maximum atomic E-state index is 12.8. The number of hydrogen-bond donors (Lipinski definition) is 2.